The summed E-state index contributed by atoms with van der Waals surface area (Å²) in [6.07, 6.45) is 4.19. The van der Waals surface area contributed by atoms with E-state index in [1.165, 1.54) is 18.2 Å². The van der Waals surface area contributed by atoms with Crippen molar-refractivity contribution in [1.82, 2.24) is 9.88 Å². The van der Waals surface area contributed by atoms with Gasteiger partial charge in [-0.05, 0) is 54.0 Å². The van der Waals surface area contributed by atoms with Crippen molar-refractivity contribution in [2.24, 2.45) is 0 Å². The number of para-hydroxylation sites is 1. The molecule has 3 aromatic carbocycles. The SMILES string of the molecule is CCc1ccc(N2C(=O)NC(=O)C(=Cc3cn(Cc4ccc(F)cc4)c4ccccc34)C2=O)cc1. The highest BCUT2D eigenvalue weighted by Crippen LogP contribution is 2.27. The quantitative estimate of drug-likeness (QED) is 0.330. The third-order valence-electron chi connectivity index (χ3n) is 6.09. The first-order chi connectivity index (χ1) is 16.9. The van der Waals surface area contributed by atoms with Crippen molar-refractivity contribution in [2.45, 2.75) is 19.9 Å². The number of aryl methyl sites for hydroxylation is 1. The minimum atomic E-state index is -0.778. The smallest absolute Gasteiger partial charge is 0.335 e. The number of barbiturate groups is 1. The number of urea groups is 1. The maximum absolute atomic E-state index is 13.3. The van der Waals surface area contributed by atoms with Crippen molar-refractivity contribution in [3.63, 3.8) is 0 Å². The first-order valence-corrected chi connectivity index (χ1v) is 11.3. The Morgan fingerprint density at radius 2 is 1.57 bits per heavy atom. The third-order valence-corrected chi connectivity index (χ3v) is 6.09. The van der Waals surface area contributed by atoms with E-state index in [-0.39, 0.29) is 11.4 Å². The number of carbonyl (C=O) groups excluding carboxylic acids is 3. The minimum Gasteiger partial charge on any atom is -0.342 e. The number of halogens is 1. The second-order valence-corrected chi connectivity index (χ2v) is 8.33. The van der Waals surface area contributed by atoms with E-state index in [2.05, 4.69) is 5.32 Å². The molecule has 0 spiro atoms. The van der Waals surface area contributed by atoms with Crippen LogP contribution in [0, 0.1) is 5.82 Å². The van der Waals surface area contributed by atoms with Crippen LogP contribution >= 0.6 is 0 Å². The van der Waals surface area contributed by atoms with E-state index in [1.807, 2.05) is 54.1 Å². The molecule has 35 heavy (non-hydrogen) atoms. The topological polar surface area (TPSA) is 71.4 Å². The zero-order valence-electron chi connectivity index (χ0n) is 19.0. The lowest BCUT2D eigenvalue weighted by Crippen LogP contribution is -2.54. The molecule has 1 aromatic heterocycles. The van der Waals surface area contributed by atoms with Crippen LogP contribution in [-0.2, 0) is 22.6 Å². The van der Waals surface area contributed by atoms with Gasteiger partial charge in [-0.25, -0.2) is 14.1 Å². The molecule has 1 N–H and O–H groups in total. The molecule has 0 atom stereocenters. The summed E-state index contributed by atoms with van der Waals surface area (Å²) in [5.74, 6) is -1.73. The van der Waals surface area contributed by atoms with Crippen molar-refractivity contribution in [1.29, 1.82) is 0 Å². The van der Waals surface area contributed by atoms with Gasteiger partial charge in [0.2, 0.25) is 0 Å². The van der Waals surface area contributed by atoms with E-state index in [0.717, 1.165) is 33.4 Å². The molecule has 0 aliphatic carbocycles. The molecule has 7 heteroatoms. The molecule has 5 rings (SSSR count). The van der Waals surface area contributed by atoms with Crippen LogP contribution in [0.5, 0.6) is 0 Å². The molecule has 1 aliphatic rings. The number of carbonyl (C=O) groups is 3. The van der Waals surface area contributed by atoms with Crippen LogP contribution in [0.1, 0.15) is 23.6 Å². The van der Waals surface area contributed by atoms with Crippen molar-refractivity contribution < 1.29 is 18.8 Å². The average molecular weight is 468 g/mol. The molecule has 1 saturated heterocycles. The Balaban J connectivity index is 1.54. The summed E-state index contributed by atoms with van der Waals surface area (Å²) in [5.41, 5.74) is 3.80. The van der Waals surface area contributed by atoms with Gasteiger partial charge in [-0.1, -0.05) is 49.4 Å². The van der Waals surface area contributed by atoms with Crippen LogP contribution in [0.15, 0.2) is 84.6 Å². The molecule has 1 aliphatic heterocycles. The molecule has 6 nitrogen and oxygen atoms in total. The van der Waals surface area contributed by atoms with Gasteiger partial charge in [0.1, 0.15) is 11.4 Å². The molecule has 0 bridgehead atoms. The van der Waals surface area contributed by atoms with E-state index in [9.17, 15) is 18.8 Å². The predicted molar refractivity (Wildman–Crippen MR) is 132 cm³/mol. The van der Waals surface area contributed by atoms with Gasteiger partial charge in [0.25, 0.3) is 11.8 Å². The summed E-state index contributed by atoms with van der Waals surface area (Å²) in [5, 5.41) is 3.12. The first-order valence-electron chi connectivity index (χ1n) is 11.3. The Kier molecular flexibility index (Phi) is 5.74. The van der Waals surface area contributed by atoms with Gasteiger partial charge < -0.3 is 4.57 Å². The molecule has 4 aromatic rings. The summed E-state index contributed by atoms with van der Waals surface area (Å²) in [6, 6.07) is 20.2. The highest BCUT2D eigenvalue weighted by Gasteiger charge is 2.37. The number of hydrogen-bond acceptors (Lipinski definition) is 3. The summed E-state index contributed by atoms with van der Waals surface area (Å²) < 4.78 is 15.3. The lowest BCUT2D eigenvalue weighted by molar-refractivity contribution is -0.122. The van der Waals surface area contributed by atoms with Crippen LogP contribution in [0.2, 0.25) is 0 Å². The molecular weight excluding hydrogens is 445 g/mol. The number of hydrogen-bond donors (Lipinski definition) is 1. The molecule has 174 valence electrons. The molecule has 2 heterocycles. The maximum atomic E-state index is 13.3. The number of fused-ring (bicyclic) bond motifs is 1. The Labute approximate surface area is 201 Å². The summed E-state index contributed by atoms with van der Waals surface area (Å²) >= 11 is 0. The van der Waals surface area contributed by atoms with Crippen LogP contribution in [0.3, 0.4) is 0 Å². The van der Waals surface area contributed by atoms with Crippen molar-refractivity contribution >= 4 is 40.5 Å². The van der Waals surface area contributed by atoms with Crippen molar-refractivity contribution in [3.8, 4) is 0 Å². The second-order valence-electron chi connectivity index (χ2n) is 8.33. The number of aromatic nitrogens is 1. The number of nitrogens with one attached hydrogen (secondary N) is 1. The Morgan fingerprint density at radius 1 is 0.886 bits per heavy atom. The van der Waals surface area contributed by atoms with Crippen molar-refractivity contribution in [3.05, 3.63) is 107 Å². The Morgan fingerprint density at radius 3 is 2.29 bits per heavy atom. The number of anilines is 1. The highest BCUT2D eigenvalue weighted by atomic mass is 19.1. The second kappa shape index (κ2) is 9.02. The predicted octanol–water partition coefficient (Wildman–Crippen LogP) is 5.06. The lowest BCUT2D eigenvalue weighted by atomic mass is 10.1. The molecule has 0 radical (unpaired) electrons. The van der Waals surface area contributed by atoms with Crippen LogP contribution in [0.4, 0.5) is 14.9 Å². The number of rotatable bonds is 5. The van der Waals surface area contributed by atoms with Gasteiger partial charge in [0.05, 0.1) is 5.69 Å². The number of imide groups is 2. The van der Waals surface area contributed by atoms with Gasteiger partial charge in [-0.2, -0.15) is 0 Å². The summed E-state index contributed by atoms with van der Waals surface area (Å²) in [7, 11) is 0. The van der Waals surface area contributed by atoms with Crippen LogP contribution in [-0.4, -0.2) is 22.4 Å². The Bertz CT molecular complexity index is 1480. The van der Waals surface area contributed by atoms with E-state index in [1.54, 1.807) is 24.3 Å². The fraction of sp³-hybridized carbons (Fsp3) is 0.107. The molecule has 0 saturated carbocycles. The number of amides is 4. The Hall–Kier alpha value is -4.52. The standard InChI is InChI=1S/C28H22FN3O3/c1-2-18-9-13-22(14-10-18)32-27(34)24(26(33)30-28(32)35)15-20-17-31(25-6-4-3-5-23(20)25)16-19-7-11-21(29)12-8-19/h3-15,17H,2,16H2,1H3,(H,30,33,35). The zero-order valence-corrected chi connectivity index (χ0v) is 19.0. The summed E-state index contributed by atoms with van der Waals surface area (Å²) in [4.78, 5) is 39.5. The molecule has 0 unspecified atom stereocenters. The molecular formula is C28H22FN3O3. The largest absolute Gasteiger partial charge is 0.342 e. The summed E-state index contributed by atoms with van der Waals surface area (Å²) in [6.45, 7) is 2.50. The van der Waals surface area contributed by atoms with E-state index in [4.69, 9.17) is 0 Å². The van der Waals surface area contributed by atoms with E-state index >= 15 is 0 Å². The maximum Gasteiger partial charge on any atom is 0.335 e. The lowest BCUT2D eigenvalue weighted by Gasteiger charge is -2.26. The van der Waals surface area contributed by atoms with Gasteiger partial charge in [-0.15, -0.1) is 0 Å². The highest BCUT2D eigenvalue weighted by molar-refractivity contribution is 6.39. The zero-order chi connectivity index (χ0) is 24.5. The fourth-order valence-electron chi connectivity index (χ4n) is 4.24. The van der Waals surface area contributed by atoms with Gasteiger partial charge in [0.15, 0.2) is 0 Å². The fourth-order valence-corrected chi connectivity index (χ4v) is 4.24. The van der Waals surface area contributed by atoms with Crippen LogP contribution in [0.25, 0.3) is 17.0 Å². The van der Waals surface area contributed by atoms with Crippen molar-refractivity contribution in [2.75, 3.05) is 4.90 Å². The van der Waals surface area contributed by atoms with E-state index < -0.39 is 17.8 Å². The monoisotopic (exact) mass is 467 g/mol. The van der Waals surface area contributed by atoms with E-state index in [0.29, 0.717) is 17.8 Å². The molecule has 1 fully saturated rings. The minimum absolute atomic E-state index is 0.131. The number of benzene rings is 3. The first kappa shape index (κ1) is 22.3. The third kappa shape index (κ3) is 4.24. The average Bonchev–Trinajstić information content (AvgIpc) is 3.20. The van der Waals surface area contributed by atoms with Gasteiger partial charge in [0, 0.05) is 29.2 Å². The normalized spacial score (nSPS) is 15.2. The van der Waals surface area contributed by atoms with Gasteiger partial charge >= 0.3 is 6.03 Å². The molecule has 4 amide bonds. The van der Waals surface area contributed by atoms with Gasteiger partial charge in [-0.3, -0.25) is 14.9 Å². The van der Waals surface area contributed by atoms with Crippen LogP contribution < -0.4 is 10.2 Å². The number of nitrogens with zero attached hydrogens (tertiary/aromatic N) is 2.